The topological polar surface area (TPSA) is 127 Å². The third-order valence-electron chi connectivity index (χ3n) is 4.02. The van der Waals surface area contributed by atoms with Crippen molar-refractivity contribution in [1.29, 1.82) is 0 Å². The molecule has 0 atom stereocenters. The van der Waals surface area contributed by atoms with Crippen molar-refractivity contribution in [3.05, 3.63) is 86.1 Å². The first-order valence-electron chi connectivity index (χ1n) is 9.41. The Morgan fingerprint density at radius 3 is 0.968 bits per heavy atom. The van der Waals surface area contributed by atoms with Crippen LogP contribution in [0.15, 0.2) is 69.4 Å². The molecular formula is C21H27GaN3O6. The average Bonchev–Trinajstić information content (AvgIpc) is 2.75. The van der Waals surface area contributed by atoms with Crippen LogP contribution in [0.25, 0.3) is 0 Å². The summed E-state index contributed by atoms with van der Waals surface area (Å²) < 4.78 is 4.32. The molecule has 0 bridgehead atoms. The Bertz CT molecular complexity index is 979. The summed E-state index contributed by atoms with van der Waals surface area (Å²) in [5, 5.41) is 26.7. The van der Waals surface area contributed by atoms with Crippen molar-refractivity contribution in [3.63, 3.8) is 0 Å². The Morgan fingerprint density at radius 1 is 0.581 bits per heavy atom. The molecular weight excluding hydrogens is 460 g/mol. The maximum atomic E-state index is 10.9. The minimum absolute atomic E-state index is 0. The second kappa shape index (κ2) is 14.0. The molecule has 0 saturated carbocycles. The van der Waals surface area contributed by atoms with Crippen molar-refractivity contribution in [2.75, 3.05) is 0 Å². The van der Waals surface area contributed by atoms with Crippen LogP contribution in [-0.4, -0.2) is 48.8 Å². The van der Waals surface area contributed by atoms with Crippen LogP contribution in [0.4, 0.5) is 0 Å². The van der Waals surface area contributed by atoms with Gasteiger partial charge in [-0.05, 0) is 57.2 Å². The molecule has 3 N–H and O–H groups in total. The van der Waals surface area contributed by atoms with Crippen LogP contribution < -0.4 is 16.7 Å². The summed E-state index contributed by atoms with van der Waals surface area (Å²) in [6.07, 6.45) is 4.92. The van der Waals surface area contributed by atoms with E-state index in [1.807, 2.05) is 20.8 Å². The molecule has 165 valence electrons. The molecule has 0 saturated heterocycles. The fourth-order valence-corrected chi connectivity index (χ4v) is 2.32. The molecule has 3 aromatic rings. The van der Waals surface area contributed by atoms with Crippen molar-refractivity contribution < 1.29 is 15.3 Å². The number of aromatic hydroxyl groups is 3. The van der Waals surface area contributed by atoms with E-state index in [1.165, 1.54) is 31.9 Å². The van der Waals surface area contributed by atoms with Crippen LogP contribution in [0.2, 0.25) is 0 Å². The van der Waals surface area contributed by atoms with Crippen molar-refractivity contribution in [1.82, 2.24) is 13.7 Å². The fourth-order valence-electron chi connectivity index (χ4n) is 2.32. The van der Waals surface area contributed by atoms with Gasteiger partial charge in [-0.15, -0.1) is 0 Å². The minimum Gasteiger partial charge on any atom is -0.503 e. The Morgan fingerprint density at radius 2 is 0.806 bits per heavy atom. The molecule has 3 rings (SSSR count). The zero-order valence-electron chi connectivity index (χ0n) is 17.8. The third-order valence-corrected chi connectivity index (χ3v) is 4.02. The molecule has 3 radical (unpaired) electrons. The summed E-state index contributed by atoms with van der Waals surface area (Å²) in [6.45, 7) is 7.32. The van der Waals surface area contributed by atoms with E-state index in [0.717, 1.165) is 0 Å². The molecule has 0 amide bonds. The molecule has 31 heavy (non-hydrogen) atoms. The van der Waals surface area contributed by atoms with Crippen LogP contribution in [0.5, 0.6) is 17.2 Å². The summed E-state index contributed by atoms with van der Waals surface area (Å²) in [7, 11) is 0. The summed E-state index contributed by atoms with van der Waals surface area (Å²) in [6, 6.07) is 9.07. The van der Waals surface area contributed by atoms with E-state index >= 15 is 0 Å². The number of pyridine rings is 3. The predicted octanol–water partition coefficient (Wildman–Crippen LogP) is 1.34. The molecule has 0 unspecified atom stereocenters. The van der Waals surface area contributed by atoms with Gasteiger partial charge in [-0.25, -0.2) is 0 Å². The molecule has 9 nitrogen and oxygen atoms in total. The van der Waals surface area contributed by atoms with Crippen molar-refractivity contribution in [2.24, 2.45) is 0 Å². The van der Waals surface area contributed by atoms with E-state index in [2.05, 4.69) is 0 Å². The monoisotopic (exact) mass is 486 g/mol. The summed E-state index contributed by atoms with van der Waals surface area (Å²) in [5.41, 5.74) is -0.986. The van der Waals surface area contributed by atoms with Gasteiger partial charge in [0.05, 0.1) is 0 Å². The molecule has 10 heteroatoms. The quantitative estimate of drug-likeness (QED) is 0.479. The summed E-state index contributed by atoms with van der Waals surface area (Å²) in [5.74, 6) is -0.571. The maximum absolute atomic E-state index is 10.9. The van der Waals surface area contributed by atoms with E-state index in [1.54, 1.807) is 36.8 Å². The number of nitrogens with zero attached hydrogens (tertiary/aromatic N) is 3. The van der Waals surface area contributed by atoms with Crippen LogP contribution in [0.3, 0.4) is 0 Å². The van der Waals surface area contributed by atoms with Gasteiger partial charge in [-0.1, -0.05) is 0 Å². The first-order chi connectivity index (χ1) is 14.3. The Balaban J connectivity index is 0.000000429. The molecule has 3 aromatic heterocycles. The second-order valence-electron chi connectivity index (χ2n) is 5.95. The van der Waals surface area contributed by atoms with Gasteiger partial charge in [-0.3, -0.25) is 14.4 Å². The first kappa shape index (κ1) is 27.9. The molecule has 0 aliphatic carbocycles. The van der Waals surface area contributed by atoms with Gasteiger partial charge < -0.3 is 29.0 Å². The molecule has 0 fully saturated rings. The van der Waals surface area contributed by atoms with E-state index < -0.39 is 0 Å². The van der Waals surface area contributed by atoms with Crippen molar-refractivity contribution in [2.45, 2.75) is 40.4 Å². The third kappa shape index (κ3) is 8.26. The van der Waals surface area contributed by atoms with Crippen molar-refractivity contribution >= 4 is 19.8 Å². The van der Waals surface area contributed by atoms with Gasteiger partial charge in [-0.2, -0.15) is 0 Å². The fraction of sp³-hybridized carbons (Fsp3) is 0.286. The van der Waals surface area contributed by atoms with Crippen LogP contribution in [-0.2, 0) is 19.6 Å². The zero-order valence-corrected chi connectivity index (χ0v) is 20.2. The van der Waals surface area contributed by atoms with Gasteiger partial charge in [0.15, 0.2) is 17.2 Å². The molecule has 0 aliphatic rings. The number of aryl methyl sites for hydroxylation is 3. The van der Waals surface area contributed by atoms with Crippen molar-refractivity contribution in [3.8, 4) is 17.2 Å². The normalized spacial score (nSPS) is 9.39. The Kier molecular flexibility index (Phi) is 12.6. The maximum Gasteiger partial charge on any atom is 0.292 e. The van der Waals surface area contributed by atoms with Gasteiger partial charge in [0.1, 0.15) is 0 Å². The average molecular weight is 487 g/mol. The molecule has 0 spiro atoms. The molecule has 3 heterocycles. The Labute approximate surface area is 192 Å². The van der Waals surface area contributed by atoms with Gasteiger partial charge in [0.25, 0.3) is 16.7 Å². The predicted molar refractivity (Wildman–Crippen MR) is 120 cm³/mol. The minimum atomic E-state index is -0.329. The van der Waals surface area contributed by atoms with Crippen LogP contribution in [0.1, 0.15) is 20.8 Å². The van der Waals surface area contributed by atoms with Gasteiger partial charge in [0.2, 0.25) is 0 Å². The van der Waals surface area contributed by atoms with E-state index in [-0.39, 0.29) is 53.7 Å². The largest absolute Gasteiger partial charge is 0.503 e. The Hall–Kier alpha value is -3.11. The standard InChI is InChI=1S/3C7H9NO2.Ga/c3*1-2-8-5-3-4-6(9)7(8)10;/h3*3-5,9H,2H2,1H3;. The first-order valence-corrected chi connectivity index (χ1v) is 9.41. The number of hydrogen-bond donors (Lipinski definition) is 3. The SMILES string of the molecule is CCn1cccc(O)c1=O.CCn1cccc(O)c1=O.CCn1cccc(O)c1=O.[Ga]. The second-order valence-corrected chi connectivity index (χ2v) is 5.95. The summed E-state index contributed by atoms with van der Waals surface area (Å²) >= 11 is 0. The molecule has 0 aromatic carbocycles. The van der Waals surface area contributed by atoms with E-state index in [0.29, 0.717) is 19.6 Å². The number of aromatic nitrogens is 3. The van der Waals surface area contributed by atoms with Gasteiger partial charge >= 0.3 is 0 Å². The van der Waals surface area contributed by atoms with Gasteiger partial charge in [0, 0.05) is 58.0 Å². The zero-order chi connectivity index (χ0) is 22.7. The molecule has 0 aliphatic heterocycles. The number of hydrogen-bond acceptors (Lipinski definition) is 6. The summed E-state index contributed by atoms with van der Waals surface area (Å²) in [4.78, 5) is 32.7. The van der Waals surface area contributed by atoms with Crippen LogP contribution in [0, 0.1) is 0 Å². The van der Waals surface area contributed by atoms with E-state index in [9.17, 15) is 14.4 Å². The smallest absolute Gasteiger partial charge is 0.292 e. The van der Waals surface area contributed by atoms with Crippen LogP contribution >= 0.6 is 0 Å². The number of rotatable bonds is 3. The van der Waals surface area contributed by atoms with E-state index in [4.69, 9.17) is 15.3 Å².